The van der Waals surface area contributed by atoms with Crippen molar-refractivity contribution in [3.05, 3.63) is 65.2 Å². The van der Waals surface area contributed by atoms with Gasteiger partial charge in [0, 0.05) is 11.3 Å². The number of carbonyl (C=O) groups excluding carboxylic acids is 1. The molecule has 0 fully saturated rings. The summed E-state index contributed by atoms with van der Waals surface area (Å²) in [6, 6.07) is 12.2. The SMILES string of the molecule is C=N/C(=N\C(=NCc1ccc(C=O)cc1)NCOCC(F)(F)F)Nc1ccc(C(=O)O)cc1. The maximum Gasteiger partial charge on any atom is 0.411 e. The Balaban J connectivity index is 2.16. The summed E-state index contributed by atoms with van der Waals surface area (Å²) >= 11 is 0. The van der Waals surface area contributed by atoms with Gasteiger partial charge in [0.15, 0.2) is 0 Å². The predicted molar refractivity (Wildman–Crippen MR) is 117 cm³/mol. The van der Waals surface area contributed by atoms with Gasteiger partial charge in [0.2, 0.25) is 11.9 Å². The number of alkyl halides is 3. The highest BCUT2D eigenvalue weighted by Gasteiger charge is 2.27. The molecule has 0 spiro atoms. The number of aromatic carboxylic acids is 1. The summed E-state index contributed by atoms with van der Waals surface area (Å²) in [4.78, 5) is 33.8. The van der Waals surface area contributed by atoms with Gasteiger partial charge in [-0.2, -0.15) is 18.2 Å². The number of nitrogens with one attached hydrogen (secondary N) is 2. The number of benzene rings is 2. The minimum Gasteiger partial charge on any atom is -0.478 e. The van der Waals surface area contributed by atoms with E-state index in [0.29, 0.717) is 17.5 Å². The number of carboxylic acids is 1. The van der Waals surface area contributed by atoms with Crippen LogP contribution in [-0.2, 0) is 11.3 Å². The lowest BCUT2D eigenvalue weighted by Crippen LogP contribution is -2.29. The van der Waals surface area contributed by atoms with Crippen molar-refractivity contribution in [2.75, 3.05) is 18.7 Å². The standard InChI is InChI=1S/C21H20F3N5O4/c1-25-19(28-17-8-6-16(7-9-17)18(31)32)29-20(27-13-33-12-21(22,23)24)26-10-14-2-4-15(11-30)5-3-14/h2-9,11H,1,10,12-13H2,(H,31,32)(H2,26,27,28,29). The number of nitrogens with zero attached hydrogens (tertiary/aromatic N) is 3. The molecule has 2 rings (SSSR count). The molecular weight excluding hydrogens is 443 g/mol. The second-order valence-electron chi connectivity index (χ2n) is 6.39. The molecule has 12 heteroatoms. The molecule has 3 N–H and O–H groups in total. The highest BCUT2D eigenvalue weighted by atomic mass is 19.4. The van der Waals surface area contributed by atoms with E-state index in [1.54, 1.807) is 24.3 Å². The zero-order chi connectivity index (χ0) is 24.3. The molecule has 0 heterocycles. The summed E-state index contributed by atoms with van der Waals surface area (Å²) in [6.45, 7) is 1.51. The Morgan fingerprint density at radius 1 is 1.09 bits per heavy atom. The molecule has 9 nitrogen and oxygen atoms in total. The first kappa shape index (κ1) is 25.2. The molecule has 2 aromatic carbocycles. The van der Waals surface area contributed by atoms with Crippen molar-refractivity contribution in [2.24, 2.45) is 15.0 Å². The van der Waals surface area contributed by atoms with Crippen LogP contribution in [0, 0.1) is 0 Å². The summed E-state index contributed by atoms with van der Waals surface area (Å²) in [7, 11) is 0. The number of carbonyl (C=O) groups is 2. The number of guanidine groups is 2. The minimum atomic E-state index is -4.49. The number of aldehydes is 1. The van der Waals surface area contributed by atoms with E-state index in [1.807, 2.05) is 0 Å². The van der Waals surface area contributed by atoms with E-state index < -0.39 is 25.5 Å². The van der Waals surface area contributed by atoms with Crippen LogP contribution in [0.2, 0.25) is 0 Å². The molecule has 0 aliphatic carbocycles. The van der Waals surface area contributed by atoms with Crippen LogP contribution < -0.4 is 10.6 Å². The number of halogens is 3. The van der Waals surface area contributed by atoms with Crippen molar-refractivity contribution < 1.29 is 32.6 Å². The van der Waals surface area contributed by atoms with Crippen molar-refractivity contribution in [3.8, 4) is 0 Å². The van der Waals surface area contributed by atoms with Crippen molar-refractivity contribution in [1.82, 2.24) is 5.32 Å². The fourth-order valence-electron chi connectivity index (χ4n) is 2.31. The third-order valence-corrected chi connectivity index (χ3v) is 3.87. The molecule has 0 amide bonds. The molecule has 0 aliphatic heterocycles. The molecular formula is C21H20F3N5O4. The Morgan fingerprint density at radius 3 is 2.30 bits per heavy atom. The normalized spacial score (nSPS) is 12.2. The Hall–Kier alpha value is -4.06. The van der Waals surface area contributed by atoms with Gasteiger partial charge < -0.3 is 20.5 Å². The molecule has 0 aliphatic rings. The van der Waals surface area contributed by atoms with Gasteiger partial charge >= 0.3 is 12.1 Å². The minimum absolute atomic E-state index is 0.0450. The maximum absolute atomic E-state index is 12.3. The summed E-state index contributed by atoms with van der Waals surface area (Å²) in [5.74, 6) is -1.22. The van der Waals surface area contributed by atoms with Crippen LogP contribution >= 0.6 is 0 Å². The van der Waals surface area contributed by atoms with Gasteiger partial charge in [-0.15, -0.1) is 0 Å². The van der Waals surface area contributed by atoms with Crippen molar-refractivity contribution in [2.45, 2.75) is 12.7 Å². The average molecular weight is 463 g/mol. The largest absolute Gasteiger partial charge is 0.478 e. The highest BCUT2D eigenvalue weighted by Crippen LogP contribution is 2.14. The Kier molecular flexibility index (Phi) is 9.24. The zero-order valence-electron chi connectivity index (χ0n) is 17.2. The zero-order valence-corrected chi connectivity index (χ0v) is 17.2. The molecule has 0 saturated heterocycles. The van der Waals surface area contributed by atoms with Crippen molar-refractivity contribution >= 4 is 36.6 Å². The maximum atomic E-state index is 12.3. The van der Waals surface area contributed by atoms with Crippen molar-refractivity contribution in [1.29, 1.82) is 0 Å². The van der Waals surface area contributed by atoms with Gasteiger partial charge in [-0.05, 0) is 36.5 Å². The highest BCUT2D eigenvalue weighted by molar-refractivity contribution is 6.04. The van der Waals surface area contributed by atoms with Gasteiger partial charge in [0.05, 0.1) is 12.1 Å². The molecule has 0 atom stereocenters. The molecule has 33 heavy (non-hydrogen) atoms. The lowest BCUT2D eigenvalue weighted by Gasteiger charge is -2.11. The van der Waals surface area contributed by atoms with E-state index in [4.69, 9.17) is 5.11 Å². The number of hydrogen-bond acceptors (Lipinski definition) is 4. The molecule has 174 valence electrons. The van der Waals surface area contributed by atoms with E-state index in [1.165, 1.54) is 24.3 Å². The van der Waals surface area contributed by atoms with Gasteiger partial charge in [0.1, 0.15) is 19.6 Å². The van der Waals surface area contributed by atoms with E-state index in [-0.39, 0.29) is 24.0 Å². The number of aliphatic imine (C=N–C) groups is 3. The topological polar surface area (TPSA) is 125 Å². The number of hydrogen-bond donors (Lipinski definition) is 3. The quantitative estimate of drug-likeness (QED) is 0.181. The van der Waals surface area contributed by atoms with E-state index in [0.717, 1.165) is 5.56 Å². The lowest BCUT2D eigenvalue weighted by molar-refractivity contribution is -0.174. The molecule has 0 saturated carbocycles. The first-order valence-corrected chi connectivity index (χ1v) is 9.33. The van der Waals surface area contributed by atoms with Gasteiger partial charge in [-0.25, -0.2) is 14.8 Å². The van der Waals surface area contributed by atoms with Gasteiger partial charge in [-0.1, -0.05) is 24.3 Å². The fourth-order valence-corrected chi connectivity index (χ4v) is 2.31. The first-order chi connectivity index (χ1) is 15.7. The fraction of sp³-hybridized carbons (Fsp3) is 0.190. The molecule has 0 aromatic heterocycles. The number of carboxylic acid groups (broad SMARTS) is 1. The second-order valence-corrected chi connectivity index (χ2v) is 6.39. The smallest absolute Gasteiger partial charge is 0.411 e. The molecule has 0 radical (unpaired) electrons. The van der Waals surface area contributed by atoms with Gasteiger partial charge in [0.25, 0.3) is 0 Å². The lowest BCUT2D eigenvalue weighted by atomic mass is 10.1. The first-order valence-electron chi connectivity index (χ1n) is 9.33. The Morgan fingerprint density at radius 2 is 1.76 bits per heavy atom. The van der Waals surface area contributed by atoms with Crippen LogP contribution in [0.3, 0.4) is 0 Å². The van der Waals surface area contributed by atoms with Gasteiger partial charge in [-0.3, -0.25) is 4.79 Å². The summed E-state index contributed by atoms with van der Waals surface area (Å²) < 4.78 is 41.4. The summed E-state index contributed by atoms with van der Waals surface area (Å²) in [6.07, 6.45) is -3.79. The van der Waals surface area contributed by atoms with Crippen LogP contribution in [0.4, 0.5) is 18.9 Å². The van der Waals surface area contributed by atoms with E-state index in [2.05, 4.69) is 37.1 Å². The van der Waals surface area contributed by atoms with Crippen LogP contribution in [0.25, 0.3) is 0 Å². The number of rotatable bonds is 8. The second kappa shape index (κ2) is 12.1. The van der Waals surface area contributed by atoms with E-state index >= 15 is 0 Å². The van der Waals surface area contributed by atoms with E-state index in [9.17, 15) is 22.8 Å². The number of ether oxygens (including phenoxy) is 1. The third kappa shape index (κ3) is 9.31. The summed E-state index contributed by atoms with van der Waals surface area (Å²) in [5.41, 5.74) is 1.73. The van der Waals surface area contributed by atoms with Crippen LogP contribution in [0.15, 0.2) is 63.5 Å². The van der Waals surface area contributed by atoms with Crippen LogP contribution in [0.1, 0.15) is 26.3 Å². The van der Waals surface area contributed by atoms with Crippen LogP contribution in [0.5, 0.6) is 0 Å². The average Bonchev–Trinajstić information content (AvgIpc) is 2.79. The van der Waals surface area contributed by atoms with Crippen molar-refractivity contribution in [3.63, 3.8) is 0 Å². The third-order valence-electron chi connectivity index (χ3n) is 3.87. The molecule has 0 unspecified atom stereocenters. The van der Waals surface area contributed by atoms with Crippen LogP contribution in [-0.4, -0.2) is 55.5 Å². The Labute approximate surface area is 186 Å². The predicted octanol–water partition coefficient (Wildman–Crippen LogP) is 3.35. The Bertz CT molecular complexity index is 1020. The molecule has 2 aromatic rings. The summed E-state index contributed by atoms with van der Waals surface area (Å²) in [5, 5.41) is 14.3. The number of anilines is 1. The monoisotopic (exact) mass is 463 g/mol. The molecule has 0 bridgehead atoms.